The topological polar surface area (TPSA) is 82.1 Å². The normalized spacial score (nSPS) is 10.3. The predicted molar refractivity (Wildman–Crippen MR) is 107 cm³/mol. The maximum Gasteiger partial charge on any atom is 0.343 e. The van der Waals surface area contributed by atoms with Crippen LogP contribution < -0.4 is 9.47 Å². The van der Waals surface area contributed by atoms with E-state index in [0.717, 1.165) is 11.1 Å². The number of aliphatic hydroxyl groups excluding tert-OH is 1. The summed E-state index contributed by atoms with van der Waals surface area (Å²) in [6, 6.07) is 20.6. The second-order valence-corrected chi connectivity index (χ2v) is 6.08. The molecule has 0 fully saturated rings. The van der Waals surface area contributed by atoms with E-state index in [1.54, 1.807) is 48.5 Å². The molecule has 0 bridgehead atoms. The molecule has 6 nitrogen and oxygen atoms in total. The highest BCUT2D eigenvalue weighted by molar-refractivity contribution is 5.91. The van der Waals surface area contributed by atoms with Gasteiger partial charge in [0.2, 0.25) is 0 Å². The van der Waals surface area contributed by atoms with Crippen molar-refractivity contribution >= 4 is 11.9 Å². The van der Waals surface area contributed by atoms with Crippen LogP contribution in [-0.4, -0.2) is 37.4 Å². The SMILES string of the molecule is COC(=O)c1ccc(-c2ccc(OC(=O)c3ccc(OCCO)cc3)cc2)cc1. The molecule has 1 N–H and O–H groups in total. The maximum atomic E-state index is 12.3. The molecule has 6 heteroatoms. The first-order valence-corrected chi connectivity index (χ1v) is 8.95. The minimum atomic E-state index is -0.478. The van der Waals surface area contributed by atoms with E-state index in [2.05, 4.69) is 0 Å². The van der Waals surface area contributed by atoms with E-state index >= 15 is 0 Å². The van der Waals surface area contributed by atoms with Crippen LogP contribution in [0.5, 0.6) is 11.5 Å². The summed E-state index contributed by atoms with van der Waals surface area (Å²) in [5.41, 5.74) is 2.72. The highest BCUT2D eigenvalue weighted by Gasteiger charge is 2.10. The molecule has 3 rings (SSSR count). The quantitative estimate of drug-likeness (QED) is 0.487. The summed E-state index contributed by atoms with van der Waals surface area (Å²) in [5, 5.41) is 8.75. The van der Waals surface area contributed by atoms with Crippen molar-refractivity contribution in [2.45, 2.75) is 0 Å². The number of carbonyl (C=O) groups excluding carboxylic acids is 2. The van der Waals surface area contributed by atoms with E-state index in [0.29, 0.717) is 22.6 Å². The van der Waals surface area contributed by atoms with Gasteiger partial charge in [-0.3, -0.25) is 0 Å². The summed E-state index contributed by atoms with van der Waals surface area (Å²) < 4.78 is 15.3. The number of rotatable bonds is 7. The Morgan fingerprint density at radius 2 is 1.21 bits per heavy atom. The summed E-state index contributed by atoms with van der Waals surface area (Å²) in [7, 11) is 1.34. The van der Waals surface area contributed by atoms with Crippen LogP contribution in [-0.2, 0) is 4.74 Å². The van der Waals surface area contributed by atoms with Crippen LogP contribution in [0.25, 0.3) is 11.1 Å². The molecule has 0 saturated heterocycles. The van der Waals surface area contributed by atoms with E-state index < -0.39 is 5.97 Å². The van der Waals surface area contributed by atoms with Gasteiger partial charge in [-0.2, -0.15) is 0 Å². The summed E-state index contributed by atoms with van der Waals surface area (Å²) >= 11 is 0. The highest BCUT2D eigenvalue weighted by Crippen LogP contribution is 2.24. The molecule has 0 spiro atoms. The largest absolute Gasteiger partial charge is 0.491 e. The third-order valence-corrected chi connectivity index (χ3v) is 4.15. The van der Waals surface area contributed by atoms with Gasteiger partial charge >= 0.3 is 11.9 Å². The number of methoxy groups -OCH3 is 1. The molecule has 0 heterocycles. The number of hydrogen-bond acceptors (Lipinski definition) is 6. The molecule has 0 saturated carbocycles. The van der Waals surface area contributed by atoms with Crippen LogP contribution in [0.3, 0.4) is 0 Å². The monoisotopic (exact) mass is 392 g/mol. The molecule has 0 aliphatic heterocycles. The first-order chi connectivity index (χ1) is 14.1. The Balaban J connectivity index is 1.64. The van der Waals surface area contributed by atoms with Crippen LogP contribution in [0, 0.1) is 0 Å². The Morgan fingerprint density at radius 1 is 0.724 bits per heavy atom. The summed E-state index contributed by atoms with van der Waals surface area (Å²) in [4.78, 5) is 23.8. The molecular weight excluding hydrogens is 372 g/mol. The van der Waals surface area contributed by atoms with E-state index in [1.807, 2.05) is 24.3 Å². The summed E-state index contributed by atoms with van der Waals surface area (Å²) in [6.45, 7) is 0.122. The molecule has 148 valence electrons. The fourth-order valence-corrected chi connectivity index (χ4v) is 2.65. The molecule has 0 radical (unpaired) electrons. The van der Waals surface area contributed by atoms with Crippen molar-refractivity contribution in [1.29, 1.82) is 0 Å². The van der Waals surface area contributed by atoms with Gasteiger partial charge in [0.25, 0.3) is 0 Å². The van der Waals surface area contributed by atoms with Crippen molar-refractivity contribution in [1.82, 2.24) is 0 Å². The minimum absolute atomic E-state index is 0.0742. The van der Waals surface area contributed by atoms with Crippen molar-refractivity contribution in [3.63, 3.8) is 0 Å². The number of hydrogen-bond donors (Lipinski definition) is 1. The molecule has 0 unspecified atom stereocenters. The zero-order chi connectivity index (χ0) is 20.6. The number of esters is 2. The van der Waals surface area contributed by atoms with Crippen LogP contribution in [0.1, 0.15) is 20.7 Å². The van der Waals surface area contributed by atoms with E-state index in [9.17, 15) is 9.59 Å². The molecule has 0 aliphatic carbocycles. The highest BCUT2D eigenvalue weighted by atomic mass is 16.5. The van der Waals surface area contributed by atoms with Gasteiger partial charge in [0.05, 0.1) is 24.8 Å². The van der Waals surface area contributed by atoms with Gasteiger partial charge in [-0.25, -0.2) is 9.59 Å². The average molecular weight is 392 g/mol. The van der Waals surface area contributed by atoms with Gasteiger partial charge in [0.15, 0.2) is 0 Å². The lowest BCUT2D eigenvalue weighted by atomic mass is 10.0. The van der Waals surface area contributed by atoms with Crippen molar-refractivity contribution in [2.24, 2.45) is 0 Å². The fraction of sp³-hybridized carbons (Fsp3) is 0.130. The van der Waals surface area contributed by atoms with Crippen molar-refractivity contribution < 1.29 is 28.9 Å². The van der Waals surface area contributed by atoms with Crippen LogP contribution in [0.15, 0.2) is 72.8 Å². The third-order valence-electron chi connectivity index (χ3n) is 4.15. The fourth-order valence-electron chi connectivity index (χ4n) is 2.65. The van der Waals surface area contributed by atoms with E-state index in [1.165, 1.54) is 7.11 Å². The average Bonchev–Trinajstić information content (AvgIpc) is 2.78. The number of benzene rings is 3. The smallest absolute Gasteiger partial charge is 0.343 e. The maximum absolute atomic E-state index is 12.3. The standard InChI is InChI=1S/C23H20O6/c1-27-22(25)18-4-2-16(3-5-18)17-6-12-21(13-7-17)29-23(26)19-8-10-20(11-9-19)28-15-14-24/h2-13,24H,14-15H2,1H3. The zero-order valence-electron chi connectivity index (χ0n) is 15.8. The lowest BCUT2D eigenvalue weighted by Gasteiger charge is -2.08. The number of ether oxygens (including phenoxy) is 3. The Bertz CT molecular complexity index is 960. The summed E-state index contributed by atoms with van der Waals surface area (Å²) in [6.07, 6.45) is 0. The van der Waals surface area contributed by atoms with Gasteiger partial charge in [-0.15, -0.1) is 0 Å². The van der Waals surface area contributed by atoms with E-state index in [4.69, 9.17) is 19.3 Å². The van der Waals surface area contributed by atoms with Crippen molar-refractivity contribution in [2.75, 3.05) is 20.3 Å². The van der Waals surface area contributed by atoms with Crippen molar-refractivity contribution in [3.05, 3.63) is 83.9 Å². The lowest BCUT2D eigenvalue weighted by Crippen LogP contribution is -2.08. The molecule has 0 aromatic heterocycles. The van der Waals surface area contributed by atoms with Crippen LogP contribution in [0.4, 0.5) is 0 Å². The Morgan fingerprint density at radius 3 is 1.76 bits per heavy atom. The summed E-state index contributed by atoms with van der Waals surface area (Å²) in [5.74, 6) is 0.129. The van der Waals surface area contributed by atoms with Gasteiger partial charge in [-0.1, -0.05) is 24.3 Å². The number of carbonyl (C=O) groups is 2. The molecule has 0 aliphatic rings. The molecule has 0 atom stereocenters. The number of aliphatic hydroxyl groups is 1. The Kier molecular flexibility index (Phi) is 6.60. The van der Waals surface area contributed by atoms with Gasteiger partial charge in [-0.05, 0) is 59.7 Å². The third kappa shape index (κ3) is 5.21. The van der Waals surface area contributed by atoms with Crippen LogP contribution in [0.2, 0.25) is 0 Å². The molecule has 3 aromatic carbocycles. The minimum Gasteiger partial charge on any atom is -0.491 e. The second kappa shape index (κ2) is 9.52. The molecule has 0 amide bonds. The first kappa shape index (κ1) is 20.1. The molecule has 3 aromatic rings. The Hall–Kier alpha value is -3.64. The van der Waals surface area contributed by atoms with Gasteiger partial charge in [0, 0.05) is 0 Å². The first-order valence-electron chi connectivity index (χ1n) is 8.95. The zero-order valence-corrected chi connectivity index (χ0v) is 15.8. The van der Waals surface area contributed by atoms with Crippen molar-refractivity contribution in [3.8, 4) is 22.6 Å². The molecular formula is C23H20O6. The second-order valence-electron chi connectivity index (χ2n) is 6.08. The molecule has 29 heavy (non-hydrogen) atoms. The van der Waals surface area contributed by atoms with Crippen LogP contribution >= 0.6 is 0 Å². The Labute approximate surface area is 168 Å². The van der Waals surface area contributed by atoms with E-state index in [-0.39, 0.29) is 19.2 Å². The predicted octanol–water partition coefficient (Wildman–Crippen LogP) is 3.73. The van der Waals surface area contributed by atoms with Gasteiger partial charge < -0.3 is 19.3 Å². The lowest BCUT2D eigenvalue weighted by molar-refractivity contribution is 0.0600. The van der Waals surface area contributed by atoms with Gasteiger partial charge in [0.1, 0.15) is 18.1 Å².